The molecule has 52 nitrogen and oxygen atoms in total. The topological polar surface area (TPSA) is 925 Å². The lowest BCUT2D eigenvalue weighted by molar-refractivity contribution is -0.703. The summed E-state index contributed by atoms with van der Waals surface area (Å²) in [7, 11) is -70.8. The van der Waals surface area contributed by atoms with Gasteiger partial charge in [0, 0.05) is 182 Å². The van der Waals surface area contributed by atoms with Crippen molar-refractivity contribution in [2.75, 3.05) is 53.3 Å². The van der Waals surface area contributed by atoms with Crippen molar-refractivity contribution in [3.05, 3.63) is 240 Å². The molecular weight excluding hydrogens is 2130 g/mol. The van der Waals surface area contributed by atoms with E-state index in [1.54, 1.807) is 110 Å². The van der Waals surface area contributed by atoms with E-state index < -0.39 is 187 Å². The quantitative estimate of drug-likeness (QED) is 0.0188. The third-order valence-corrected chi connectivity index (χ3v) is 55.3. The van der Waals surface area contributed by atoms with Crippen LogP contribution in [0.2, 0.25) is 0 Å². The van der Waals surface area contributed by atoms with Crippen LogP contribution in [0.4, 0.5) is 0 Å². The van der Waals surface area contributed by atoms with Gasteiger partial charge in [-0.25, -0.2) is 9.13 Å². The standard InChI is InChI=1S/2C9H15NO6P2.2C9H15NO5P2.2C8H13NO6P2.2C8H13NO5P2/c1-10-5-3-4-8(7-10)6-9(11,17(2,12)13)18(14,15)16;1-8-4-3-5-10(6-8)7-9(11,17(2,12)13)18(14,15)16;1-7-3-4-10-8(5-7)6-9(16(2,11)12)17(13,14)15;1-9(16(2,11)12,17(13,14)15)6-8-4-3-5-10-7-8;1-16(11,12)8(10,17(13,14)15)5-7-3-2-4-9-6-7;1-16(11,12)8(10,17(13,14)15)6-7-4-2-3-5-9-7;1-15(10,11)8(16(12,13)14)5-7-3-2-4-9-6-7;1-15(10,11)8(16(12,13)14)6-7-4-2-3-5-9-7/h3-5,7,11H,6H2,1-2H3,(H2-,12,13,14,15,16);3-6,11H,7H2,1-2H3,(H2-,12,13,14,15,16);3-5,9H,6H2,1-2H3,(H,11,12)(H2,13,14,15);3-5,7H,6H2,1-2H3,(H,11,12)(H2,13,14,15);2-4,6,10H,5H2,1H3,(H,11,12)(H2,13,14,15);2-5,10H,6H2,1H3,(H,11,12)(H2,13,14,15);2-4,6,8H,5H2,1H3,(H,10,11)(H2,12,13,14);2-5,8H,6H2,1H3,(H,10,11)(H2,12,13,14)/p+2. The van der Waals surface area contributed by atoms with Crippen LogP contribution >= 0.6 is 120 Å². The average Bonchev–Trinajstić information content (AvgIpc) is 0.776. The van der Waals surface area contributed by atoms with E-state index in [4.69, 9.17) is 68.5 Å². The molecule has 136 heavy (non-hydrogen) atoms. The monoisotopic (exact) mass is 2240 g/mol. The number of hydrogen-bond donors (Lipinski definition) is 28. The summed E-state index contributed by atoms with van der Waals surface area (Å²) in [6.07, 6.45) is 16.3. The molecule has 16 unspecified atom stereocenters. The third-order valence-electron chi connectivity index (χ3n) is 18.9. The average molecular weight is 2240 g/mol. The molecule has 8 rings (SSSR count). The summed E-state index contributed by atoms with van der Waals surface area (Å²) < 4.78 is 185. The van der Waals surface area contributed by atoms with Gasteiger partial charge < -0.3 is 138 Å². The molecule has 8 aromatic rings. The number of aromatic nitrogens is 8. The summed E-state index contributed by atoms with van der Waals surface area (Å²) in [5, 5.41) is 22.8. The lowest BCUT2D eigenvalue weighted by Crippen LogP contribution is -2.47. The largest absolute Gasteiger partial charge is 0.373 e. The highest BCUT2D eigenvalue weighted by Crippen LogP contribution is 2.74. The molecule has 0 fully saturated rings. The molecule has 0 saturated carbocycles. The first kappa shape index (κ1) is 130. The molecule has 0 spiro atoms. The zero-order chi connectivity index (χ0) is 106. The van der Waals surface area contributed by atoms with E-state index in [-0.39, 0.29) is 36.9 Å². The van der Waals surface area contributed by atoms with Crippen molar-refractivity contribution >= 4 is 120 Å². The molecule has 0 aliphatic heterocycles. The first-order chi connectivity index (χ1) is 60.7. The van der Waals surface area contributed by atoms with Crippen LogP contribution in [-0.4, -0.2) is 263 Å². The maximum Gasteiger partial charge on any atom is 0.373 e. The number of aliphatic hydroxyl groups is 4. The Bertz CT molecular complexity index is 5490. The first-order valence-electron chi connectivity index (χ1n) is 37.7. The highest BCUT2D eigenvalue weighted by atomic mass is 31.3. The lowest BCUT2D eigenvalue weighted by atomic mass is 10.2. The second-order valence-corrected chi connectivity index (χ2v) is 69.3. The van der Waals surface area contributed by atoms with Crippen LogP contribution < -0.4 is 9.13 Å². The molecule has 0 amide bonds. The Labute approximate surface area is 779 Å². The number of rotatable bonds is 32. The van der Waals surface area contributed by atoms with Crippen LogP contribution in [0.1, 0.15) is 57.4 Å². The van der Waals surface area contributed by atoms with Crippen molar-refractivity contribution in [1.29, 1.82) is 0 Å². The van der Waals surface area contributed by atoms with Gasteiger partial charge in [0.25, 0.3) is 0 Å². The van der Waals surface area contributed by atoms with Crippen molar-refractivity contribution < 1.29 is 220 Å². The highest BCUT2D eigenvalue weighted by Gasteiger charge is 2.62. The summed E-state index contributed by atoms with van der Waals surface area (Å²) in [4.78, 5) is 241. The number of pyridine rings is 8. The minimum atomic E-state index is -5.17. The van der Waals surface area contributed by atoms with Gasteiger partial charge in [-0.2, -0.15) is 0 Å². The molecule has 0 aliphatic rings. The van der Waals surface area contributed by atoms with E-state index in [2.05, 4.69) is 29.9 Å². The molecular formula is C68H114N8O44P16+2. The van der Waals surface area contributed by atoms with Gasteiger partial charge in [-0.1, -0.05) is 30.3 Å². The molecule has 28 N–H and O–H groups in total. The Kier molecular flexibility index (Phi) is 48.2. The minimum Gasteiger partial charge on any atom is -0.369 e. The fourth-order valence-electron chi connectivity index (χ4n) is 10.9. The number of hydrogen-bond acceptors (Lipinski definition) is 26. The van der Waals surface area contributed by atoms with Crippen LogP contribution in [0.25, 0.3) is 0 Å². The number of aryl methyl sites for hydroxylation is 3. The molecule has 0 aliphatic carbocycles. The molecule has 16 atom stereocenters. The smallest absolute Gasteiger partial charge is 0.369 e. The molecule has 8 aromatic heterocycles. The minimum absolute atomic E-state index is 0.120. The van der Waals surface area contributed by atoms with Crippen molar-refractivity contribution in [2.24, 2.45) is 7.05 Å². The molecule has 0 aromatic carbocycles. The summed E-state index contributed by atoms with van der Waals surface area (Å²) in [6.45, 7) is 10.7. The van der Waals surface area contributed by atoms with Crippen LogP contribution in [0.3, 0.4) is 0 Å². The normalized spacial score (nSPS) is 18.6. The zero-order valence-electron chi connectivity index (χ0n) is 74.1. The summed E-state index contributed by atoms with van der Waals surface area (Å²) in [5.41, 5.74) is 4.20. The lowest BCUT2D eigenvalue weighted by Gasteiger charge is -2.32. The van der Waals surface area contributed by atoms with Crippen molar-refractivity contribution in [3.63, 3.8) is 0 Å². The fourth-order valence-corrected chi connectivity index (χ4v) is 34.4. The van der Waals surface area contributed by atoms with E-state index in [1.165, 1.54) is 103 Å². The van der Waals surface area contributed by atoms with Gasteiger partial charge in [-0.15, -0.1) is 0 Å². The van der Waals surface area contributed by atoms with Crippen molar-refractivity contribution in [1.82, 2.24) is 29.9 Å². The SMILES string of the molecule is CC(Cc1cccnc1)(P(C)(=O)O)P(=O)(O)O.CP(=O)(O)C(Cc1ccccn1)P(=O)(O)O.CP(=O)(O)C(Cc1cccnc1)P(=O)(O)O.CP(=O)(O)C(O)(Cc1ccccn1)P(=O)(O)O.CP(=O)(O)C(O)(Cc1cccnc1)P(=O)(O)O.C[n+]1cccc(CC(O)(P(C)(=O)O)P(=O)(O)O)c1.Cc1ccc[n+](CC(O)(P(C)(=O)O)P(=O)(O)O)c1.Cc1ccnc(CC(P(C)(=O)O)P(=O)(O)O)c1. The van der Waals surface area contributed by atoms with E-state index in [0.29, 0.717) is 41.4 Å². The Morgan fingerprint density at radius 1 is 0.309 bits per heavy atom. The van der Waals surface area contributed by atoms with E-state index in [1.807, 2.05) is 6.92 Å². The zero-order valence-corrected chi connectivity index (χ0v) is 88.4. The Hall–Kier alpha value is -4.24. The van der Waals surface area contributed by atoms with E-state index in [9.17, 15) is 142 Å². The van der Waals surface area contributed by atoms with Gasteiger partial charge in [0.1, 0.15) is 28.1 Å². The van der Waals surface area contributed by atoms with Gasteiger partial charge in [-0.3, -0.25) is 103 Å². The number of nitrogens with zero attached hydrogens (tertiary/aromatic N) is 8. The van der Waals surface area contributed by atoms with Gasteiger partial charge in [0.05, 0.1) is 0 Å². The predicted octanol–water partition coefficient (Wildman–Crippen LogP) is 5.29. The van der Waals surface area contributed by atoms with Crippen LogP contribution in [0.5, 0.6) is 0 Å². The predicted molar refractivity (Wildman–Crippen MR) is 497 cm³/mol. The maximum absolute atomic E-state index is 11.7. The van der Waals surface area contributed by atoms with Crippen molar-refractivity contribution in [3.8, 4) is 0 Å². The second kappa shape index (κ2) is 50.5. The van der Waals surface area contributed by atoms with E-state index >= 15 is 0 Å². The Morgan fingerprint density at radius 2 is 0.640 bits per heavy atom. The molecule has 0 bridgehead atoms. The van der Waals surface area contributed by atoms with Crippen LogP contribution in [-0.2, 0) is 132 Å². The third kappa shape index (κ3) is 41.1. The van der Waals surface area contributed by atoms with Gasteiger partial charge in [0.2, 0.25) is 74.2 Å². The van der Waals surface area contributed by atoms with Crippen molar-refractivity contribution in [2.45, 2.75) is 114 Å². The van der Waals surface area contributed by atoms with Crippen LogP contribution in [0.15, 0.2) is 190 Å². The summed E-state index contributed by atoms with van der Waals surface area (Å²) in [5.74, 6) is 0. The van der Waals surface area contributed by atoms with Gasteiger partial charge >= 0.3 is 65.8 Å². The molecule has 0 radical (unpaired) electrons. The Morgan fingerprint density at radius 3 is 0.949 bits per heavy atom. The maximum atomic E-state index is 11.7. The molecule has 768 valence electrons. The molecule has 8 heterocycles. The van der Waals surface area contributed by atoms with Gasteiger partial charge in [-0.05, 0) is 123 Å². The van der Waals surface area contributed by atoms with Crippen LogP contribution in [0, 0.1) is 13.8 Å². The highest BCUT2D eigenvalue weighted by molar-refractivity contribution is 7.77. The Balaban J connectivity index is 0.000000777. The fraction of sp³-hybridized carbons (Fsp3) is 0.412. The second-order valence-electron chi connectivity index (χ2n) is 31.3. The molecule has 0 saturated heterocycles. The van der Waals surface area contributed by atoms with Gasteiger partial charge in [0.15, 0.2) is 31.3 Å². The summed E-state index contributed by atoms with van der Waals surface area (Å²) in [6, 6.07) is 28.6. The first-order valence-corrected chi connectivity index (χ1v) is 67.9. The molecule has 68 heteroatoms. The van der Waals surface area contributed by atoms with E-state index in [0.717, 1.165) is 58.0 Å². The summed E-state index contributed by atoms with van der Waals surface area (Å²) >= 11 is 0.